The molecular weight excluding hydrogens is 338 g/mol. The van der Waals surface area contributed by atoms with Crippen molar-refractivity contribution in [3.63, 3.8) is 0 Å². The van der Waals surface area contributed by atoms with E-state index in [-0.39, 0.29) is 5.69 Å². The molecule has 0 saturated heterocycles. The van der Waals surface area contributed by atoms with Gasteiger partial charge in [-0.15, -0.1) is 0 Å². The van der Waals surface area contributed by atoms with Crippen LogP contribution in [0.15, 0.2) is 35.1 Å². The van der Waals surface area contributed by atoms with Crippen LogP contribution in [0.4, 0.5) is 5.82 Å². The van der Waals surface area contributed by atoms with Crippen LogP contribution in [0.5, 0.6) is 0 Å². The molecule has 0 amide bonds. The molecule has 0 radical (unpaired) electrons. The highest BCUT2D eigenvalue weighted by Gasteiger charge is 2.20. The summed E-state index contributed by atoms with van der Waals surface area (Å²) < 4.78 is 1.67. The normalized spacial score (nSPS) is 16.7. The molecule has 1 aromatic carbocycles. The van der Waals surface area contributed by atoms with E-state index in [0.717, 1.165) is 24.2 Å². The van der Waals surface area contributed by atoms with Gasteiger partial charge in [0, 0.05) is 5.92 Å². The molecule has 0 atom stereocenters. The van der Waals surface area contributed by atoms with Gasteiger partial charge in [-0.3, -0.25) is 4.57 Å². The van der Waals surface area contributed by atoms with E-state index in [4.69, 9.17) is 10.7 Å². The minimum atomic E-state index is -0.193. The maximum absolute atomic E-state index is 12.5. The van der Waals surface area contributed by atoms with Crippen LogP contribution in [0.2, 0.25) is 0 Å². The Kier molecular flexibility index (Phi) is 5.23. The molecule has 6 nitrogen and oxygen atoms in total. The van der Waals surface area contributed by atoms with Gasteiger partial charge in [0.15, 0.2) is 11.5 Å². The Morgan fingerprint density at radius 3 is 2.37 bits per heavy atom. The van der Waals surface area contributed by atoms with E-state index in [1.165, 1.54) is 38.5 Å². The summed E-state index contributed by atoms with van der Waals surface area (Å²) in [6.07, 6.45) is 9.79. The van der Waals surface area contributed by atoms with Crippen molar-refractivity contribution >= 4 is 17.0 Å². The molecule has 1 fully saturated rings. The molecule has 2 aromatic heterocycles. The summed E-state index contributed by atoms with van der Waals surface area (Å²) in [7, 11) is 0. The van der Waals surface area contributed by atoms with Crippen molar-refractivity contribution < 1.29 is 0 Å². The minimum Gasteiger partial charge on any atom is -0.382 e. The van der Waals surface area contributed by atoms with Crippen molar-refractivity contribution in [3.8, 4) is 0 Å². The van der Waals surface area contributed by atoms with Gasteiger partial charge in [-0.2, -0.15) is 0 Å². The van der Waals surface area contributed by atoms with Crippen molar-refractivity contribution in [3.05, 3.63) is 52.2 Å². The lowest BCUT2D eigenvalue weighted by Gasteiger charge is -2.15. The molecular formula is C21H27N5O. The van der Waals surface area contributed by atoms with Crippen LogP contribution >= 0.6 is 0 Å². The fourth-order valence-electron chi connectivity index (χ4n) is 4.06. The molecule has 0 spiro atoms. The average Bonchev–Trinajstić information content (AvgIpc) is 3.06. The number of benzene rings is 1. The van der Waals surface area contributed by atoms with Crippen molar-refractivity contribution in [2.75, 3.05) is 5.73 Å². The second-order valence-corrected chi connectivity index (χ2v) is 7.56. The number of nitrogens with zero attached hydrogens (tertiary/aromatic N) is 3. The highest BCUT2D eigenvalue weighted by atomic mass is 16.1. The van der Waals surface area contributed by atoms with E-state index in [1.54, 1.807) is 4.57 Å². The lowest BCUT2D eigenvalue weighted by molar-refractivity contribution is 0.517. The first-order chi connectivity index (χ1) is 13.2. The zero-order valence-electron chi connectivity index (χ0n) is 15.7. The summed E-state index contributed by atoms with van der Waals surface area (Å²) in [5, 5.41) is 0. The Morgan fingerprint density at radius 1 is 1.00 bits per heavy atom. The molecule has 6 heteroatoms. The van der Waals surface area contributed by atoms with Gasteiger partial charge in [-0.25, -0.2) is 14.8 Å². The van der Waals surface area contributed by atoms with Crippen molar-refractivity contribution in [2.45, 2.75) is 63.8 Å². The Morgan fingerprint density at radius 2 is 1.67 bits per heavy atom. The van der Waals surface area contributed by atoms with E-state index >= 15 is 0 Å². The van der Waals surface area contributed by atoms with Gasteiger partial charge in [-0.05, 0) is 18.4 Å². The number of anilines is 1. The number of imidazole rings is 1. The molecule has 0 aliphatic heterocycles. The standard InChI is InChI=1S/C21H27N5O/c22-18-17-20(26(21(27)23-17)14-15-10-6-5-7-11-15)25-19(24-18)16-12-8-3-1-2-4-9-13-16/h5-7,10-11,16H,1-4,8-9,12-14H2,(H,23,27)(H2,22,24,25). The number of nitrogens with one attached hydrogen (secondary N) is 1. The van der Waals surface area contributed by atoms with Crippen molar-refractivity contribution in [1.29, 1.82) is 0 Å². The number of fused-ring (bicyclic) bond motifs is 1. The molecule has 2 heterocycles. The van der Waals surface area contributed by atoms with Crippen LogP contribution < -0.4 is 11.4 Å². The van der Waals surface area contributed by atoms with Gasteiger partial charge in [0.2, 0.25) is 0 Å². The Hall–Kier alpha value is -2.63. The minimum absolute atomic E-state index is 0.193. The molecule has 1 aliphatic rings. The first-order valence-electron chi connectivity index (χ1n) is 10.0. The van der Waals surface area contributed by atoms with Crippen LogP contribution in [0, 0.1) is 0 Å². The second kappa shape index (κ2) is 7.94. The van der Waals surface area contributed by atoms with Gasteiger partial charge >= 0.3 is 5.69 Å². The van der Waals surface area contributed by atoms with Crippen LogP contribution in [0.25, 0.3) is 11.2 Å². The van der Waals surface area contributed by atoms with E-state index in [2.05, 4.69) is 9.97 Å². The first-order valence-corrected chi connectivity index (χ1v) is 10.0. The molecule has 1 saturated carbocycles. The highest BCUT2D eigenvalue weighted by Crippen LogP contribution is 2.30. The number of aromatic nitrogens is 4. The number of hydrogen-bond acceptors (Lipinski definition) is 4. The molecule has 0 bridgehead atoms. The summed E-state index contributed by atoms with van der Waals surface area (Å²) in [4.78, 5) is 24.7. The molecule has 1 aliphatic carbocycles. The lowest BCUT2D eigenvalue weighted by atomic mass is 9.96. The fourth-order valence-corrected chi connectivity index (χ4v) is 4.06. The summed E-state index contributed by atoms with van der Waals surface area (Å²) in [5.74, 6) is 1.49. The summed E-state index contributed by atoms with van der Waals surface area (Å²) >= 11 is 0. The van der Waals surface area contributed by atoms with Crippen LogP contribution in [-0.2, 0) is 6.54 Å². The highest BCUT2D eigenvalue weighted by molar-refractivity contribution is 5.81. The van der Waals surface area contributed by atoms with Gasteiger partial charge < -0.3 is 10.7 Å². The van der Waals surface area contributed by atoms with E-state index in [9.17, 15) is 4.79 Å². The number of H-pyrrole nitrogens is 1. The van der Waals surface area contributed by atoms with Crippen LogP contribution in [0.3, 0.4) is 0 Å². The maximum Gasteiger partial charge on any atom is 0.328 e. The summed E-state index contributed by atoms with van der Waals surface area (Å²) in [6, 6.07) is 9.93. The predicted molar refractivity (Wildman–Crippen MR) is 108 cm³/mol. The third kappa shape index (κ3) is 3.89. The summed E-state index contributed by atoms with van der Waals surface area (Å²) in [6.45, 7) is 0.472. The number of hydrogen-bond donors (Lipinski definition) is 2. The lowest BCUT2D eigenvalue weighted by Crippen LogP contribution is -2.18. The van der Waals surface area contributed by atoms with Gasteiger partial charge in [0.1, 0.15) is 11.3 Å². The molecule has 3 aromatic rings. The topological polar surface area (TPSA) is 89.6 Å². The van der Waals surface area contributed by atoms with Gasteiger partial charge in [0.25, 0.3) is 0 Å². The quantitative estimate of drug-likeness (QED) is 0.735. The molecule has 4 rings (SSSR count). The van der Waals surface area contributed by atoms with Crippen LogP contribution in [-0.4, -0.2) is 19.5 Å². The monoisotopic (exact) mass is 365 g/mol. The Balaban J connectivity index is 1.72. The third-order valence-electron chi connectivity index (χ3n) is 5.57. The molecule has 142 valence electrons. The zero-order valence-corrected chi connectivity index (χ0v) is 15.7. The predicted octanol–water partition coefficient (Wildman–Crippen LogP) is 3.97. The molecule has 3 N–H and O–H groups in total. The smallest absolute Gasteiger partial charge is 0.328 e. The van der Waals surface area contributed by atoms with Crippen LogP contribution in [0.1, 0.15) is 68.7 Å². The summed E-state index contributed by atoms with van der Waals surface area (Å²) in [5.41, 5.74) is 8.23. The van der Waals surface area contributed by atoms with E-state index in [1.807, 2.05) is 30.3 Å². The Labute approximate surface area is 158 Å². The number of aromatic amines is 1. The van der Waals surface area contributed by atoms with Crippen molar-refractivity contribution in [1.82, 2.24) is 19.5 Å². The molecule has 0 unspecified atom stereocenters. The van der Waals surface area contributed by atoms with Gasteiger partial charge in [0.05, 0.1) is 6.54 Å². The molecule has 27 heavy (non-hydrogen) atoms. The average molecular weight is 365 g/mol. The largest absolute Gasteiger partial charge is 0.382 e. The second-order valence-electron chi connectivity index (χ2n) is 7.56. The SMILES string of the molecule is Nc1nc(C2CCCCCCCC2)nc2c1[nH]c(=O)n2Cc1ccccc1. The van der Waals surface area contributed by atoms with E-state index in [0.29, 0.717) is 29.4 Å². The van der Waals surface area contributed by atoms with E-state index < -0.39 is 0 Å². The number of rotatable bonds is 3. The van der Waals surface area contributed by atoms with Gasteiger partial charge in [-0.1, -0.05) is 68.9 Å². The fraction of sp³-hybridized carbons (Fsp3) is 0.476. The Bertz CT molecular complexity index is 950. The number of nitrogen functional groups attached to an aromatic ring is 1. The zero-order chi connectivity index (χ0) is 18.6. The third-order valence-corrected chi connectivity index (χ3v) is 5.57. The number of nitrogens with two attached hydrogens (primary N) is 1. The maximum atomic E-state index is 12.5. The van der Waals surface area contributed by atoms with Crippen molar-refractivity contribution in [2.24, 2.45) is 0 Å². The first kappa shape index (κ1) is 17.8.